The first-order chi connectivity index (χ1) is 10.8. The number of nitrogens with zero attached hydrogens (tertiary/aromatic N) is 1. The molecule has 0 saturated carbocycles. The number of methoxy groups -OCH3 is 1. The Morgan fingerprint density at radius 1 is 1.22 bits per heavy atom. The predicted octanol–water partition coefficient (Wildman–Crippen LogP) is 3.41. The molecule has 0 unspecified atom stereocenters. The van der Waals surface area contributed by atoms with Crippen molar-refractivity contribution in [2.24, 2.45) is 0 Å². The Kier molecular flexibility index (Phi) is 5.05. The molecule has 0 aliphatic carbocycles. The first-order valence-corrected chi connectivity index (χ1v) is 8.72. The minimum atomic E-state index is -3.54. The van der Waals surface area contributed by atoms with Crippen LogP contribution in [0.1, 0.15) is 11.1 Å². The molecule has 2 aromatic rings. The van der Waals surface area contributed by atoms with Crippen molar-refractivity contribution in [3.8, 4) is 0 Å². The van der Waals surface area contributed by atoms with Gasteiger partial charge in [0.2, 0.25) is 10.0 Å². The van der Waals surface area contributed by atoms with Crippen LogP contribution >= 0.6 is 0 Å². The van der Waals surface area contributed by atoms with Crippen LogP contribution in [0.15, 0.2) is 55.1 Å². The number of sulfonamides is 1. The van der Waals surface area contributed by atoms with E-state index in [1.54, 1.807) is 36.4 Å². The molecule has 2 rings (SSSR count). The molecule has 0 aliphatic heterocycles. The van der Waals surface area contributed by atoms with Gasteiger partial charge < -0.3 is 4.74 Å². The van der Waals surface area contributed by atoms with Crippen molar-refractivity contribution in [3.63, 3.8) is 0 Å². The lowest BCUT2D eigenvalue weighted by Crippen LogP contribution is -2.29. The molecule has 0 amide bonds. The van der Waals surface area contributed by atoms with Gasteiger partial charge in [-0.15, -0.1) is 0 Å². The zero-order valence-electron chi connectivity index (χ0n) is 13.0. The monoisotopic (exact) mass is 335 g/mol. The van der Waals surface area contributed by atoms with Gasteiger partial charge in [-0.2, -0.15) is 0 Å². The van der Waals surface area contributed by atoms with E-state index in [-0.39, 0.29) is 12.1 Å². The Hall–Kier alpha value is -2.34. The molecule has 122 valence electrons. The fraction of sp³-hybridized carbons (Fsp3) is 0.176. The molecular formula is C17H18FNO3S. The normalized spacial score (nSPS) is 11.1. The quantitative estimate of drug-likeness (QED) is 0.760. The molecule has 4 nitrogen and oxygen atoms in total. The largest absolute Gasteiger partial charge is 0.497 e. The SMILES string of the molecule is C=C(OC)c1ccc(CN(c2ccccc2)S(C)(=O)=O)c(F)c1. The Morgan fingerprint density at radius 3 is 2.39 bits per heavy atom. The highest BCUT2D eigenvalue weighted by Gasteiger charge is 2.19. The van der Waals surface area contributed by atoms with Crippen LogP contribution in [0, 0.1) is 5.82 Å². The van der Waals surface area contributed by atoms with Crippen LogP contribution in [0.25, 0.3) is 5.76 Å². The van der Waals surface area contributed by atoms with Gasteiger partial charge in [0.25, 0.3) is 0 Å². The van der Waals surface area contributed by atoms with E-state index in [2.05, 4.69) is 6.58 Å². The summed E-state index contributed by atoms with van der Waals surface area (Å²) in [5.74, 6) is -0.163. The fourth-order valence-electron chi connectivity index (χ4n) is 2.12. The van der Waals surface area contributed by atoms with Crippen LogP contribution in [0.2, 0.25) is 0 Å². The van der Waals surface area contributed by atoms with E-state index in [1.165, 1.54) is 19.2 Å². The van der Waals surface area contributed by atoms with Gasteiger partial charge in [0, 0.05) is 11.1 Å². The number of rotatable bonds is 6. The van der Waals surface area contributed by atoms with E-state index in [9.17, 15) is 12.8 Å². The number of hydrogen-bond donors (Lipinski definition) is 0. The van der Waals surface area contributed by atoms with Crippen LogP contribution in [-0.2, 0) is 21.3 Å². The number of halogens is 1. The highest BCUT2D eigenvalue weighted by molar-refractivity contribution is 7.92. The predicted molar refractivity (Wildman–Crippen MR) is 89.9 cm³/mol. The van der Waals surface area contributed by atoms with E-state index in [0.717, 1.165) is 10.6 Å². The van der Waals surface area contributed by atoms with E-state index >= 15 is 0 Å². The lowest BCUT2D eigenvalue weighted by molar-refractivity contribution is 0.371. The molecule has 0 atom stereocenters. The summed E-state index contributed by atoms with van der Waals surface area (Å²) in [6, 6.07) is 13.1. The summed E-state index contributed by atoms with van der Waals surface area (Å²) in [7, 11) is -2.09. The molecule has 0 aromatic heterocycles. The Balaban J connectivity index is 2.36. The maximum atomic E-state index is 14.3. The molecule has 0 heterocycles. The molecule has 0 spiro atoms. The summed E-state index contributed by atoms with van der Waals surface area (Å²) in [6.45, 7) is 3.58. The third-order valence-corrected chi connectivity index (χ3v) is 4.52. The van der Waals surface area contributed by atoms with E-state index < -0.39 is 15.8 Å². The average Bonchev–Trinajstić information content (AvgIpc) is 2.52. The van der Waals surface area contributed by atoms with Gasteiger partial charge in [-0.25, -0.2) is 12.8 Å². The Morgan fingerprint density at radius 2 is 1.87 bits per heavy atom. The second kappa shape index (κ2) is 6.83. The number of anilines is 1. The molecule has 0 aliphatic rings. The minimum absolute atomic E-state index is 0.0889. The van der Waals surface area contributed by atoms with Crippen LogP contribution < -0.4 is 4.31 Å². The van der Waals surface area contributed by atoms with Gasteiger partial charge in [0.15, 0.2) is 0 Å². The molecular weight excluding hydrogens is 317 g/mol. The highest BCUT2D eigenvalue weighted by Crippen LogP contribution is 2.23. The van der Waals surface area contributed by atoms with Crippen LogP contribution in [0.5, 0.6) is 0 Å². The van der Waals surface area contributed by atoms with Crippen LogP contribution in [-0.4, -0.2) is 21.8 Å². The molecule has 0 fully saturated rings. The molecule has 2 aromatic carbocycles. The number of benzene rings is 2. The van der Waals surface area contributed by atoms with Gasteiger partial charge in [-0.1, -0.05) is 36.9 Å². The third-order valence-electron chi connectivity index (χ3n) is 3.38. The van der Waals surface area contributed by atoms with Crippen molar-refractivity contribution >= 4 is 21.5 Å². The first-order valence-electron chi connectivity index (χ1n) is 6.87. The number of para-hydroxylation sites is 1. The summed E-state index contributed by atoms with van der Waals surface area (Å²) < 4.78 is 44.5. The van der Waals surface area contributed by atoms with E-state index in [1.807, 2.05) is 0 Å². The van der Waals surface area contributed by atoms with Gasteiger partial charge in [0.1, 0.15) is 11.6 Å². The maximum absolute atomic E-state index is 14.3. The summed E-state index contributed by atoms with van der Waals surface area (Å²) in [4.78, 5) is 0. The standard InChI is InChI=1S/C17H18FNO3S/c1-13(22-2)14-9-10-15(17(18)11-14)12-19(23(3,20)21)16-7-5-4-6-8-16/h4-11H,1,12H2,2-3H3. The summed E-state index contributed by atoms with van der Waals surface area (Å²) >= 11 is 0. The lowest BCUT2D eigenvalue weighted by atomic mass is 10.1. The van der Waals surface area contributed by atoms with Crippen molar-refractivity contribution in [2.75, 3.05) is 17.7 Å². The third kappa shape index (κ3) is 4.10. The maximum Gasteiger partial charge on any atom is 0.232 e. The van der Waals surface area contributed by atoms with E-state index in [0.29, 0.717) is 17.0 Å². The fourth-order valence-corrected chi connectivity index (χ4v) is 2.99. The van der Waals surface area contributed by atoms with Crippen LogP contribution in [0.3, 0.4) is 0 Å². The van der Waals surface area contributed by atoms with Gasteiger partial charge in [0.05, 0.1) is 25.6 Å². The molecule has 0 radical (unpaired) electrons. The van der Waals surface area contributed by atoms with Gasteiger partial charge in [-0.05, 0) is 18.2 Å². The summed E-state index contributed by atoms with van der Waals surface area (Å²) in [5, 5.41) is 0. The van der Waals surface area contributed by atoms with Crippen molar-refractivity contribution in [2.45, 2.75) is 6.54 Å². The Labute approximate surface area is 135 Å². The van der Waals surface area contributed by atoms with Crippen LogP contribution in [0.4, 0.5) is 10.1 Å². The lowest BCUT2D eigenvalue weighted by Gasteiger charge is -2.23. The molecule has 6 heteroatoms. The topological polar surface area (TPSA) is 46.6 Å². The minimum Gasteiger partial charge on any atom is -0.497 e. The first kappa shape index (κ1) is 17.0. The number of ether oxygens (including phenoxy) is 1. The summed E-state index contributed by atoms with van der Waals surface area (Å²) in [5.41, 5.74) is 1.27. The van der Waals surface area contributed by atoms with Crippen molar-refractivity contribution in [3.05, 3.63) is 72.1 Å². The Bertz CT molecular complexity index is 804. The summed E-state index contributed by atoms with van der Waals surface area (Å²) in [6.07, 6.45) is 1.10. The van der Waals surface area contributed by atoms with Crippen molar-refractivity contribution < 1.29 is 17.5 Å². The molecule has 0 saturated heterocycles. The van der Waals surface area contributed by atoms with E-state index in [4.69, 9.17) is 4.74 Å². The van der Waals surface area contributed by atoms with Crippen molar-refractivity contribution in [1.82, 2.24) is 0 Å². The second-order valence-corrected chi connectivity index (χ2v) is 6.95. The van der Waals surface area contributed by atoms with Crippen molar-refractivity contribution in [1.29, 1.82) is 0 Å². The zero-order chi connectivity index (χ0) is 17.0. The number of hydrogen-bond acceptors (Lipinski definition) is 3. The second-order valence-electron chi connectivity index (χ2n) is 5.04. The van der Waals surface area contributed by atoms with Gasteiger partial charge in [-0.3, -0.25) is 4.31 Å². The molecule has 0 bridgehead atoms. The van der Waals surface area contributed by atoms with Gasteiger partial charge >= 0.3 is 0 Å². The average molecular weight is 335 g/mol. The molecule has 0 N–H and O–H groups in total. The smallest absolute Gasteiger partial charge is 0.232 e. The molecule has 23 heavy (non-hydrogen) atoms. The highest BCUT2D eigenvalue weighted by atomic mass is 32.2. The zero-order valence-corrected chi connectivity index (χ0v) is 13.8.